The van der Waals surface area contributed by atoms with Crippen molar-refractivity contribution in [3.05, 3.63) is 58.6 Å². The van der Waals surface area contributed by atoms with Gasteiger partial charge in [-0.3, -0.25) is 9.59 Å². The number of hydrogen-bond donors (Lipinski definition) is 1. The molecule has 21 heavy (non-hydrogen) atoms. The average molecular weight is 302 g/mol. The van der Waals surface area contributed by atoms with E-state index in [1.165, 1.54) is 23.1 Å². The standard InChI is InChI=1S/C16H12ClNO3/c17-13-6-5-10(19)9-12(13)16(21)18-8-7-15(20)11-3-1-2-4-14(11)18/h1-6,9,19H,7-8H2. The summed E-state index contributed by atoms with van der Waals surface area (Å²) >= 11 is 6.04. The van der Waals surface area contributed by atoms with Crippen molar-refractivity contribution in [1.29, 1.82) is 0 Å². The lowest BCUT2D eigenvalue weighted by Gasteiger charge is -2.29. The van der Waals surface area contributed by atoms with Crippen LogP contribution in [0.4, 0.5) is 5.69 Å². The van der Waals surface area contributed by atoms with Gasteiger partial charge in [-0.1, -0.05) is 23.7 Å². The van der Waals surface area contributed by atoms with Gasteiger partial charge in [-0.25, -0.2) is 0 Å². The number of benzene rings is 2. The molecule has 0 bridgehead atoms. The molecule has 0 fully saturated rings. The van der Waals surface area contributed by atoms with Crippen LogP contribution in [0.3, 0.4) is 0 Å². The Hall–Kier alpha value is -2.33. The molecule has 1 N–H and O–H groups in total. The number of Topliss-reactive ketones (excluding diaryl/α,β-unsaturated/α-hetero) is 1. The zero-order valence-electron chi connectivity index (χ0n) is 11.0. The molecule has 1 aliphatic heterocycles. The molecule has 1 amide bonds. The maximum Gasteiger partial charge on any atom is 0.259 e. The highest BCUT2D eigenvalue weighted by Crippen LogP contribution is 2.30. The van der Waals surface area contributed by atoms with Gasteiger partial charge in [0.2, 0.25) is 0 Å². The predicted molar refractivity (Wildman–Crippen MR) is 80.2 cm³/mol. The number of carbonyl (C=O) groups is 2. The smallest absolute Gasteiger partial charge is 0.259 e. The molecule has 0 spiro atoms. The molecule has 0 saturated heterocycles. The summed E-state index contributed by atoms with van der Waals surface area (Å²) in [4.78, 5) is 26.1. The summed E-state index contributed by atoms with van der Waals surface area (Å²) in [6.07, 6.45) is 0.277. The fraction of sp³-hybridized carbons (Fsp3) is 0.125. The summed E-state index contributed by atoms with van der Waals surface area (Å²) in [5.41, 5.74) is 1.34. The highest BCUT2D eigenvalue weighted by atomic mass is 35.5. The van der Waals surface area contributed by atoms with Crippen LogP contribution in [-0.4, -0.2) is 23.3 Å². The highest BCUT2D eigenvalue weighted by Gasteiger charge is 2.28. The van der Waals surface area contributed by atoms with Crippen LogP contribution in [0.1, 0.15) is 27.1 Å². The second-order valence-corrected chi connectivity index (χ2v) is 5.22. The molecule has 5 heteroatoms. The van der Waals surface area contributed by atoms with E-state index in [0.717, 1.165) is 0 Å². The normalized spacial score (nSPS) is 14.0. The lowest BCUT2D eigenvalue weighted by Crippen LogP contribution is -2.37. The van der Waals surface area contributed by atoms with Crippen LogP contribution in [0, 0.1) is 0 Å². The summed E-state index contributed by atoms with van der Waals surface area (Å²) in [5.74, 6) is -0.323. The van der Waals surface area contributed by atoms with Crippen LogP contribution in [0.25, 0.3) is 0 Å². The first kappa shape index (κ1) is 13.6. The van der Waals surface area contributed by atoms with Crippen molar-refractivity contribution < 1.29 is 14.7 Å². The highest BCUT2D eigenvalue weighted by molar-refractivity contribution is 6.34. The molecule has 1 aliphatic rings. The Kier molecular flexibility index (Phi) is 3.39. The number of anilines is 1. The topological polar surface area (TPSA) is 57.6 Å². The van der Waals surface area contributed by atoms with E-state index in [1.807, 2.05) is 0 Å². The first-order valence-electron chi connectivity index (χ1n) is 6.50. The Bertz CT molecular complexity index is 742. The minimum Gasteiger partial charge on any atom is -0.508 e. The Balaban J connectivity index is 2.05. The zero-order valence-corrected chi connectivity index (χ0v) is 11.8. The van der Waals surface area contributed by atoms with Gasteiger partial charge in [0.1, 0.15) is 5.75 Å². The van der Waals surface area contributed by atoms with Crippen molar-refractivity contribution >= 4 is 29.0 Å². The van der Waals surface area contributed by atoms with E-state index in [0.29, 0.717) is 17.8 Å². The summed E-state index contributed by atoms with van der Waals surface area (Å²) in [6, 6.07) is 11.2. The number of phenolic OH excluding ortho intramolecular Hbond substituents is 1. The van der Waals surface area contributed by atoms with Gasteiger partial charge in [0.25, 0.3) is 5.91 Å². The van der Waals surface area contributed by atoms with Crippen LogP contribution >= 0.6 is 11.6 Å². The number of para-hydroxylation sites is 1. The van der Waals surface area contributed by atoms with Crippen LogP contribution in [-0.2, 0) is 0 Å². The van der Waals surface area contributed by atoms with E-state index in [1.54, 1.807) is 24.3 Å². The molecule has 0 aromatic heterocycles. The number of phenols is 1. The molecule has 1 heterocycles. The average Bonchev–Trinajstić information content (AvgIpc) is 2.50. The predicted octanol–water partition coefficient (Wildman–Crippen LogP) is 3.28. The van der Waals surface area contributed by atoms with Gasteiger partial charge in [0.05, 0.1) is 16.3 Å². The Morgan fingerprint density at radius 2 is 1.95 bits per heavy atom. The quantitative estimate of drug-likeness (QED) is 0.879. The fourth-order valence-electron chi connectivity index (χ4n) is 2.45. The van der Waals surface area contributed by atoms with E-state index in [-0.39, 0.29) is 34.4 Å². The number of halogens is 1. The van der Waals surface area contributed by atoms with Crippen molar-refractivity contribution in [2.75, 3.05) is 11.4 Å². The summed E-state index contributed by atoms with van der Waals surface area (Å²) in [7, 11) is 0. The summed E-state index contributed by atoms with van der Waals surface area (Å²) in [5, 5.41) is 9.81. The number of carbonyl (C=O) groups excluding carboxylic acids is 2. The van der Waals surface area contributed by atoms with Gasteiger partial charge in [-0.15, -0.1) is 0 Å². The van der Waals surface area contributed by atoms with Crippen LogP contribution in [0.15, 0.2) is 42.5 Å². The molecule has 0 saturated carbocycles. The molecule has 0 atom stereocenters. The lowest BCUT2D eigenvalue weighted by molar-refractivity contribution is 0.0955. The third-order valence-corrected chi connectivity index (χ3v) is 3.81. The first-order chi connectivity index (χ1) is 10.1. The van der Waals surface area contributed by atoms with Gasteiger partial charge in [-0.2, -0.15) is 0 Å². The Morgan fingerprint density at radius 1 is 1.19 bits per heavy atom. The van der Waals surface area contributed by atoms with Crippen molar-refractivity contribution in [3.8, 4) is 5.75 Å². The molecule has 2 aromatic carbocycles. The molecule has 0 unspecified atom stereocenters. The Labute approximate surface area is 126 Å². The summed E-state index contributed by atoms with van der Waals surface area (Å²) < 4.78 is 0. The van der Waals surface area contributed by atoms with E-state index < -0.39 is 0 Å². The largest absolute Gasteiger partial charge is 0.508 e. The third kappa shape index (κ3) is 2.38. The van der Waals surface area contributed by atoms with Crippen LogP contribution < -0.4 is 4.90 Å². The van der Waals surface area contributed by atoms with Gasteiger partial charge in [-0.05, 0) is 30.3 Å². The van der Waals surface area contributed by atoms with Gasteiger partial charge in [0, 0.05) is 18.5 Å². The maximum atomic E-state index is 12.7. The molecule has 0 aliphatic carbocycles. The molecular weight excluding hydrogens is 290 g/mol. The number of amides is 1. The zero-order chi connectivity index (χ0) is 15.0. The monoisotopic (exact) mass is 301 g/mol. The second kappa shape index (κ2) is 5.22. The van der Waals surface area contributed by atoms with E-state index >= 15 is 0 Å². The van der Waals surface area contributed by atoms with Crippen molar-refractivity contribution in [3.63, 3.8) is 0 Å². The van der Waals surface area contributed by atoms with Crippen LogP contribution in [0.5, 0.6) is 5.75 Å². The second-order valence-electron chi connectivity index (χ2n) is 4.81. The van der Waals surface area contributed by atoms with Crippen LogP contribution in [0.2, 0.25) is 5.02 Å². The molecule has 3 rings (SSSR count). The van der Waals surface area contributed by atoms with Gasteiger partial charge in [0.15, 0.2) is 5.78 Å². The maximum absolute atomic E-state index is 12.7. The number of nitrogens with zero attached hydrogens (tertiary/aromatic N) is 1. The van der Waals surface area contributed by atoms with Gasteiger partial charge >= 0.3 is 0 Å². The SMILES string of the molecule is O=C1CCN(C(=O)c2cc(O)ccc2Cl)c2ccccc21. The number of fused-ring (bicyclic) bond motifs is 1. The number of hydrogen-bond acceptors (Lipinski definition) is 3. The van der Waals surface area contributed by atoms with Crippen molar-refractivity contribution in [2.45, 2.75) is 6.42 Å². The minimum atomic E-state index is -0.323. The van der Waals surface area contributed by atoms with E-state index in [2.05, 4.69) is 0 Å². The number of aromatic hydroxyl groups is 1. The Morgan fingerprint density at radius 3 is 2.76 bits per heavy atom. The fourth-order valence-corrected chi connectivity index (χ4v) is 2.65. The van der Waals surface area contributed by atoms with Crippen molar-refractivity contribution in [2.24, 2.45) is 0 Å². The first-order valence-corrected chi connectivity index (χ1v) is 6.88. The minimum absolute atomic E-state index is 0.0240. The lowest BCUT2D eigenvalue weighted by atomic mass is 9.99. The van der Waals surface area contributed by atoms with E-state index in [9.17, 15) is 14.7 Å². The van der Waals surface area contributed by atoms with E-state index in [4.69, 9.17) is 11.6 Å². The molecule has 106 valence electrons. The molecule has 4 nitrogen and oxygen atoms in total. The number of ketones is 1. The molecule has 2 aromatic rings. The molecule has 0 radical (unpaired) electrons. The summed E-state index contributed by atoms with van der Waals surface area (Å²) in [6.45, 7) is 0.306. The van der Waals surface area contributed by atoms with Crippen molar-refractivity contribution in [1.82, 2.24) is 0 Å². The third-order valence-electron chi connectivity index (χ3n) is 3.48. The van der Waals surface area contributed by atoms with Gasteiger partial charge < -0.3 is 10.0 Å². The molecular formula is C16H12ClNO3. The number of rotatable bonds is 1.